The molecule has 0 bridgehead atoms. The number of anilines is 2. The topological polar surface area (TPSA) is 17.0 Å². The standard InChI is InChI=1S/C36H26N2/c1-23-9-8-15-32-35(23)29(30-20-18-25-10-2-5-13-27(25)36(30)37-32)19-17-24-21-31-28-14-6-7-16-33(28)38(34(31)22-24)26-11-3-4-12-26/h2-21,26,37H,1,22H2. The average molecular weight is 487 g/mol. The summed E-state index contributed by atoms with van der Waals surface area (Å²) in [5, 5.41) is 9.75. The molecule has 0 atom stereocenters. The number of allylic oxidation sites excluding steroid dienone is 7. The third-order valence-corrected chi connectivity index (χ3v) is 8.15. The van der Waals surface area contributed by atoms with Crippen molar-refractivity contribution in [1.29, 1.82) is 0 Å². The summed E-state index contributed by atoms with van der Waals surface area (Å²) in [6.45, 7) is 4.39. The largest absolute Gasteiger partial charge is 0.354 e. The monoisotopic (exact) mass is 486 g/mol. The number of hydrogen-bond acceptors (Lipinski definition) is 1. The van der Waals surface area contributed by atoms with Crippen LogP contribution in [0.1, 0.15) is 22.9 Å². The molecule has 2 nitrogen and oxygen atoms in total. The Kier molecular flexibility index (Phi) is 4.53. The van der Waals surface area contributed by atoms with Crippen molar-refractivity contribution >= 4 is 51.3 Å². The fraction of sp³-hybridized carbons (Fsp3) is 0.0556. The Balaban J connectivity index is 1.28. The Bertz CT molecular complexity index is 2030. The van der Waals surface area contributed by atoms with Crippen LogP contribution in [0.25, 0.3) is 39.9 Å². The summed E-state index contributed by atoms with van der Waals surface area (Å²) < 4.78 is 2.50. The smallest absolute Gasteiger partial charge is 0.0709 e. The van der Waals surface area contributed by atoms with Gasteiger partial charge in [-0.05, 0) is 40.0 Å². The number of hydrogen-bond donors (Lipinski definition) is 1. The number of nitrogens with one attached hydrogen (secondary N) is 1. The fourth-order valence-electron chi connectivity index (χ4n) is 6.44. The molecule has 0 saturated heterocycles. The van der Waals surface area contributed by atoms with Crippen molar-refractivity contribution in [3.05, 3.63) is 148 Å². The van der Waals surface area contributed by atoms with E-state index in [0.29, 0.717) is 0 Å². The molecule has 0 spiro atoms. The zero-order valence-corrected chi connectivity index (χ0v) is 21.0. The third-order valence-electron chi connectivity index (χ3n) is 8.15. The maximum Gasteiger partial charge on any atom is 0.0709 e. The lowest BCUT2D eigenvalue weighted by Gasteiger charge is -2.22. The quantitative estimate of drug-likeness (QED) is 0.283. The first-order valence-corrected chi connectivity index (χ1v) is 13.2. The highest BCUT2D eigenvalue weighted by Crippen LogP contribution is 2.40. The van der Waals surface area contributed by atoms with Crippen LogP contribution in [-0.4, -0.2) is 4.57 Å². The molecule has 1 N–H and O–H groups in total. The SMILES string of the molecule is C=c1cccc2c1=C(C=CC1=Cc3c(n(C4C=CC=C4)c4ccccc34)C1)c1ccc3ccccc3c1N2. The van der Waals surface area contributed by atoms with E-state index in [1.165, 1.54) is 60.5 Å². The summed E-state index contributed by atoms with van der Waals surface area (Å²) in [4.78, 5) is 0. The summed E-state index contributed by atoms with van der Waals surface area (Å²) in [6, 6.07) is 28.5. The van der Waals surface area contributed by atoms with E-state index in [2.05, 4.69) is 138 Å². The molecule has 0 saturated carbocycles. The lowest BCUT2D eigenvalue weighted by Crippen LogP contribution is -2.31. The van der Waals surface area contributed by atoms with Crippen LogP contribution >= 0.6 is 0 Å². The number of nitrogens with zero attached hydrogens (tertiary/aromatic N) is 1. The predicted octanol–water partition coefficient (Wildman–Crippen LogP) is 7.32. The van der Waals surface area contributed by atoms with E-state index in [9.17, 15) is 0 Å². The molecule has 5 aromatic rings. The summed E-state index contributed by atoms with van der Waals surface area (Å²) in [5.41, 5.74) is 10.1. The minimum absolute atomic E-state index is 0.278. The summed E-state index contributed by atoms with van der Waals surface area (Å²) in [7, 11) is 0. The molecule has 2 heterocycles. The molecule has 8 rings (SSSR count). The van der Waals surface area contributed by atoms with Gasteiger partial charge in [-0.15, -0.1) is 0 Å². The van der Waals surface area contributed by atoms with Crippen molar-refractivity contribution in [3.63, 3.8) is 0 Å². The van der Waals surface area contributed by atoms with Crippen LogP contribution in [0, 0.1) is 0 Å². The molecule has 0 amide bonds. The molecule has 0 radical (unpaired) electrons. The Hall–Kier alpha value is -4.82. The molecule has 38 heavy (non-hydrogen) atoms. The van der Waals surface area contributed by atoms with Crippen LogP contribution in [0.4, 0.5) is 11.4 Å². The van der Waals surface area contributed by atoms with Gasteiger partial charge in [0.15, 0.2) is 0 Å². The number of benzene rings is 4. The van der Waals surface area contributed by atoms with Gasteiger partial charge in [0.1, 0.15) is 0 Å². The van der Waals surface area contributed by atoms with Crippen molar-refractivity contribution in [2.24, 2.45) is 0 Å². The van der Waals surface area contributed by atoms with Gasteiger partial charge in [-0.3, -0.25) is 0 Å². The molecule has 2 heteroatoms. The fourth-order valence-corrected chi connectivity index (χ4v) is 6.44. The van der Waals surface area contributed by atoms with E-state index < -0.39 is 0 Å². The molecular formula is C36H26N2. The number of aromatic nitrogens is 1. The zero-order valence-electron chi connectivity index (χ0n) is 21.0. The number of fused-ring (bicyclic) bond motifs is 7. The van der Waals surface area contributed by atoms with Crippen molar-refractivity contribution in [3.8, 4) is 0 Å². The van der Waals surface area contributed by atoms with Crippen molar-refractivity contribution in [2.45, 2.75) is 12.5 Å². The highest BCUT2D eigenvalue weighted by Gasteiger charge is 2.24. The van der Waals surface area contributed by atoms with Crippen molar-refractivity contribution in [1.82, 2.24) is 4.57 Å². The first-order valence-electron chi connectivity index (χ1n) is 13.2. The van der Waals surface area contributed by atoms with E-state index in [-0.39, 0.29) is 6.04 Å². The molecule has 1 aliphatic heterocycles. The second kappa shape index (κ2) is 8.09. The van der Waals surface area contributed by atoms with Crippen LogP contribution in [-0.2, 0) is 6.42 Å². The molecule has 2 aliphatic carbocycles. The minimum Gasteiger partial charge on any atom is -0.354 e. The third kappa shape index (κ3) is 3.07. The summed E-state index contributed by atoms with van der Waals surface area (Å²) in [6.07, 6.45) is 16.8. The first-order chi connectivity index (χ1) is 18.8. The molecule has 180 valence electrons. The van der Waals surface area contributed by atoms with Crippen molar-refractivity contribution < 1.29 is 0 Å². The predicted molar refractivity (Wildman–Crippen MR) is 161 cm³/mol. The van der Waals surface area contributed by atoms with E-state index in [1.54, 1.807) is 0 Å². The van der Waals surface area contributed by atoms with Gasteiger partial charge in [-0.2, -0.15) is 0 Å². The van der Waals surface area contributed by atoms with Gasteiger partial charge in [-0.25, -0.2) is 0 Å². The molecule has 4 aromatic carbocycles. The van der Waals surface area contributed by atoms with Crippen LogP contribution < -0.4 is 15.8 Å². The maximum atomic E-state index is 4.39. The van der Waals surface area contributed by atoms with E-state index in [0.717, 1.165) is 17.3 Å². The number of para-hydroxylation sites is 1. The molecule has 0 fully saturated rings. The van der Waals surface area contributed by atoms with Crippen LogP contribution in [0.3, 0.4) is 0 Å². The summed E-state index contributed by atoms with van der Waals surface area (Å²) in [5.74, 6) is 0. The van der Waals surface area contributed by atoms with Gasteiger partial charge in [0.2, 0.25) is 0 Å². The van der Waals surface area contributed by atoms with E-state index >= 15 is 0 Å². The van der Waals surface area contributed by atoms with Crippen LogP contribution in [0.2, 0.25) is 0 Å². The Morgan fingerprint density at radius 2 is 1.63 bits per heavy atom. The van der Waals surface area contributed by atoms with Crippen LogP contribution in [0.5, 0.6) is 0 Å². The second-order valence-electron chi connectivity index (χ2n) is 10.3. The van der Waals surface area contributed by atoms with Crippen LogP contribution in [0.15, 0.2) is 121 Å². The molecule has 3 aliphatic rings. The molecule has 0 unspecified atom stereocenters. The second-order valence-corrected chi connectivity index (χ2v) is 10.3. The highest BCUT2D eigenvalue weighted by atomic mass is 15.0. The lowest BCUT2D eigenvalue weighted by molar-refractivity contribution is 0.725. The van der Waals surface area contributed by atoms with Gasteiger partial charge >= 0.3 is 0 Å². The van der Waals surface area contributed by atoms with E-state index in [1.807, 2.05) is 0 Å². The van der Waals surface area contributed by atoms with Gasteiger partial charge in [0, 0.05) is 50.4 Å². The first kappa shape index (κ1) is 21.3. The normalized spacial score (nSPS) is 15.8. The van der Waals surface area contributed by atoms with Gasteiger partial charge in [0.25, 0.3) is 0 Å². The minimum atomic E-state index is 0.278. The lowest BCUT2D eigenvalue weighted by atomic mass is 9.92. The highest BCUT2D eigenvalue weighted by molar-refractivity contribution is 6.04. The van der Waals surface area contributed by atoms with Gasteiger partial charge in [-0.1, -0.05) is 110 Å². The average Bonchev–Trinajstić information content (AvgIpc) is 3.68. The Morgan fingerprint density at radius 3 is 2.53 bits per heavy atom. The molecular weight excluding hydrogens is 460 g/mol. The van der Waals surface area contributed by atoms with Gasteiger partial charge in [0.05, 0.1) is 11.7 Å². The maximum absolute atomic E-state index is 4.39. The van der Waals surface area contributed by atoms with E-state index in [4.69, 9.17) is 0 Å². The Labute approximate surface area is 221 Å². The van der Waals surface area contributed by atoms with Gasteiger partial charge < -0.3 is 9.88 Å². The van der Waals surface area contributed by atoms with Crippen molar-refractivity contribution in [2.75, 3.05) is 5.32 Å². The zero-order chi connectivity index (χ0) is 25.2. The summed E-state index contributed by atoms with van der Waals surface area (Å²) >= 11 is 0. The molecule has 1 aromatic heterocycles. The Morgan fingerprint density at radius 1 is 0.816 bits per heavy atom. The number of rotatable bonds is 3.